The molecule has 1 amide bonds. The molecule has 0 aliphatic heterocycles. The maximum atomic E-state index is 12.1. The molecule has 0 spiro atoms. The Morgan fingerprint density at radius 3 is 2.16 bits per heavy atom. The van der Waals surface area contributed by atoms with Gasteiger partial charge in [-0.2, -0.15) is 4.31 Å². The van der Waals surface area contributed by atoms with Gasteiger partial charge in [0.25, 0.3) is 0 Å². The smallest absolute Gasteiger partial charge is 0.235 e. The molecule has 2 aromatic carbocycles. The molecule has 25 heavy (non-hydrogen) atoms. The number of rotatable bonds is 7. The van der Waals surface area contributed by atoms with Crippen LogP contribution < -0.4 is 5.32 Å². The van der Waals surface area contributed by atoms with E-state index in [1.807, 2.05) is 31.2 Å². The number of benzene rings is 2. The fraction of sp³-hybridized carbons (Fsp3) is 0.278. The van der Waals surface area contributed by atoms with Gasteiger partial charge >= 0.3 is 0 Å². The summed E-state index contributed by atoms with van der Waals surface area (Å²) < 4.78 is 25.1. The second kappa shape index (κ2) is 8.47. The number of nitrogens with zero attached hydrogens (tertiary/aromatic N) is 1. The van der Waals surface area contributed by atoms with E-state index >= 15 is 0 Å². The molecular weight excluding hydrogens is 360 g/mol. The summed E-state index contributed by atoms with van der Waals surface area (Å²) in [6.07, 6.45) is 1.09. The van der Waals surface area contributed by atoms with E-state index in [2.05, 4.69) is 5.32 Å². The van der Waals surface area contributed by atoms with Crippen molar-refractivity contribution >= 4 is 27.5 Å². The summed E-state index contributed by atoms with van der Waals surface area (Å²) in [6.45, 7) is 2.24. The van der Waals surface area contributed by atoms with E-state index in [4.69, 9.17) is 11.6 Å². The first-order valence-electron chi connectivity index (χ1n) is 7.76. The number of aryl methyl sites for hydroxylation is 1. The maximum absolute atomic E-state index is 12.1. The molecule has 134 valence electrons. The van der Waals surface area contributed by atoms with Crippen molar-refractivity contribution in [1.29, 1.82) is 0 Å². The lowest BCUT2D eigenvalue weighted by Gasteiger charge is -2.19. The number of nitrogens with one attached hydrogen (secondary N) is 1. The molecule has 1 N–H and O–H groups in total. The molecule has 0 saturated heterocycles. The van der Waals surface area contributed by atoms with E-state index < -0.39 is 10.0 Å². The highest BCUT2D eigenvalue weighted by Crippen LogP contribution is 2.13. The van der Waals surface area contributed by atoms with Crippen LogP contribution in [-0.2, 0) is 27.9 Å². The average molecular weight is 381 g/mol. The van der Waals surface area contributed by atoms with Crippen LogP contribution in [0.1, 0.15) is 16.7 Å². The minimum atomic E-state index is -3.52. The summed E-state index contributed by atoms with van der Waals surface area (Å²) in [5.74, 6) is -0.347. The topological polar surface area (TPSA) is 66.5 Å². The van der Waals surface area contributed by atoms with Gasteiger partial charge in [-0.1, -0.05) is 53.6 Å². The highest BCUT2D eigenvalue weighted by atomic mass is 35.5. The Hall–Kier alpha value is -1.89. The molecule has 0 aromatic heterocycles. The monoisotopic (exact) mass is 380 g/mol. The molecule has 0 atom stereocenters. The molecule has 0 aliphatic rings. The third-order valence-electron chi connectivity index (χ3n) is 3.67. The van der Waals surface area contributed by atoms with E-state index in [1.54, 1.807) is 24.3 Å². The predicted octanol–water partition coefficient (Wildman–Crippen LogP) is 2.73. The Bertz CT molecular complexity index is 818. The molecule has 0 saturated carbocycles. The molecule has 0 bridgehead atoms. The number of hydrogen-bond donors (Lipinski definition) is 1. The number of hydrogen-bond acceptors (Lipinski definition) is 3. The van der Waals surface area contributed by atoms with Gasteiger partial charge < -0.3 is 5.32 Å². The summed E-state index contributed by atoms with van der Waals surface area (Å²) in [7, 11) is -3.52. The van der Waals surface area contributed by atoms with Gasteiger partial charge in [0, 0.05) is 18.1 Å². The zero-order valence-electron chi connectivity index (χ0n) is 14.2. The van der Waals surface area contributed by atoms with Crippen LogP contribution in [0.3, 0.4) is 0 Å². The standard InChI is InChI=1S/C18H21ClN2O3S/c1-14-3-5-15(6-4-14)11-20-18(22)13-21(25(2,23)24)12-16-7-9-17(19)10-8-16/h3-10H,11-13H2,1-2H3,(H,20,22). The van der Waals surface area contributed by atoms with Crippen molar-refractivity contribution in [3.8, 4) is 0 Å². The zero-order chi connectivity index (χ0) is 18.4. The zero-order valence-corrected chi connectivity index (χ0v) is 15.8. The highest BCUT2D eigenvalue weighted by molar-refractivity contribution is 7.88. The van der Waals surface area contributed by atoms with Crippen LogP contribution >= 0.6 is 11.6 Å². The van der Waals surface area contributed by atoms with Crippen molar-refractivity contribution in [2.45, 2.75) is 20.0 Å². The molecular formula is C18H21ClN2O3S. The number of sulfonamides is 1. The van der Waals surface area contributed by atoms with Crippen LogP contribution in [0.2, 0.25) is 5.02 Å². The molecule has 0 heterocycles. The summed E-state index contributed by atoms with van der Waals surface area (Å²) in [5.41, 5.74) is 2.87. The molecule has 0 unspecified atom stereocenters. The third kappa shape index (κ3) is 6.49. The predicted molar refractivity (Wildman–Crippen MR) is 99.7 cm³/mol. The normalized spacial score (nSPS) is 11.5. The summed E-state index contributed by atoms with van der Waals surface area (Å²) in [5, 5.41) is 3.32. The van der Waals surface area contributed by atoms with Crippen molar-refractivity contribution in [3.63, 3.8) is 0 Å². The first-order valence-corrected chi connectivity index (χ1v) is 9.98. The van der Waals surface area contributed by atoms with Crippen molar-refractivity contribution < 1.29 is 13.2 Å². The molecule has 0 aliphatic carbocycles. The summed E-state index contributed by atoms with van der Waals surface area (Å²) in [6, 6.07) is 14.6. The van der Waals surface area contributed by atoms with Crippen LogP contribution in [0.25, 0.3) is 0 Å². The molecule has 2 aromatic rings. The molecule has 2 rings (SSSR count). The van der Waals surface area contributed by atoms with Gasteiger partial charge in [0.05, 0.1) is 12.8 Å². The Labute approximate surface area is 153 Å². The summed E-state index contributed by atoms with van der Waals surface area (Å²) >= 11 is 5.84. The van der Waals surface area contributed by atoms with Crippen LogP contribution in [0, 0.1) is 6.92 Å². The lowest BCUT2D eigenvalue weighted by molar-refractivity contribution is -0.121. The lowest BCUT2D eigenvalue weighted by Crippen LogP contribution is -2.39. The van der Waals surface area contributed by atoms with Gasteiger partial charge in [-0.15, -0.1) is 0 Å². The van der Waals surface area contributed by atoms with E-state index in [-0.39, 0.29) is 19.0 Å². The first-order chi connectivity index (χ1) is 11.7. The quantitative estimate of drug-likeness (QED) is 0.803. The van der Waals surface area contributed by atoms with Crippen LogP contribution in [0.5, 0.6) is 0 Å². The maximum Gasteiger partial charge on any atom is 0.235 e. The van der Waals surface area contributed by atoms with Gasteiger partial charge in [-0.3, -0.25) is 4.79 Å². The fourth-order valence-electron chi connectivity index (χ4n) is 2.21. The fourth-order valence-corrected chi connectivity index (χ4v) is 3.07. The third-order valence-corrected chi connectivity index (χ3v) is 5.12. The van der Waals surface area contributed by atoms with Gasteiger partial charge in [-0.05, 0) is 30.2 Å². The largest absolute Gasteiger partial charge is 0.351 e. The van der Waals surface area contributed by atoms with Crippen molar-refractivity contribution in [3.05, 3.63) is 70.2 Å². The number of carbonyl (C=O) groups is 1. The molecule has 7 heteroatoms. The van der Waals surface area contributed by atoms with Gasteiger partial charge in [0.15, 0.2) is 0 Å². The number of halogens is 1. The van der Waals surface area contributed by atoms with Crippen molar-refractivity contribution in [2.24, 2.45) is 0 Å². The second-order valence-electron chi connectivity index (χ2n) is 5.92. The summed E-state index contributed by atoms with van der Waals surface area (Å²) in [4.78, 5) is 12.1. The molecule has 0 radical (unpaired) electrons. The highest BCUT2D eigenvalue weighted by Gasteiger charge is 2.20. The Morgan fingerprint density at radius 2 is 1.60 bits per heavy atom. The lowest BCUT2D eigenvalue weighted by atomic mass is 10.1. The minimum absolute atomic E-state index is 0.119. The van der Waals surface area contributed by atoms with E-state index in [1.165, 1.54) is 0 Å². The number of amides is 1. The van der Waals surface area contributed by atoms with E-state index in [9.17, 15) is 13.2 Å². The van der Waals surface area contributed by atoms with E-state index in [0.29, 0.717) is 11.6 Å². The van der Waals surface area contributed by atoms with E-state index in [0.717, 1.165) is 27.3 Å². The first kappa shape index (κ1) is 19.4. The molecule has 0 fully saturated rings. The average Bonchev–Trinajstić information content (AvgIpc) is 2.55. The Kier molecular flexibility index (Phi) is 6.58. The Balaban J connectivity index is 1.97. The van der Waals surface area contributed by atoms with Gasteiger partial charge in [-0.25, -0.2) is 8.42 Å². The SMILES string of the molecule is Cc1ccc(CNC(=O)CN(Cc2ccc(Cl)cc2)S(C)(=O)=O)cc1. The van der Waals surface area contributed by atoms with Gasteiger partial charge in [0.1, 0.15) is 0 Å². The molecule has 5 nitrogen and oxygen atoms in total. The van der Waals surface area contributed by atoms with Crippen LogP contribution in [0.15, 0.2) is 48.5 Å². The van der Waals surface area contributed by atoms with Crippen molar-refractivity contribution in [1.82, 2.24) is 9.62 Å². The van der Waals surface area contributed by atoms with Crippen molar-refractivity contribution in [2.75, 3.05) is 12.8 Å². The van der Waals surface area contributed by atoms with Crippen LogP contribution in [-0.4, -0.2) is 31.4 Å². The number of carbonyl (C=O) groups excluding carboxylic acids is 1. The Morgan fingerprint density at radius 1 is 1.04 bits per heavy atom. The van der Waals surface area contributed by atoms with Crippen LogP contribution in [0.4, 0.5) is 0 Å². The minimum Gasteiger partial charge on any atom is -0.351 e. The van der Waals surface area contributed by atoms with Gasteiger partial charge in [0.2, 0.25) is 15.9 Å². The second-order valence-corrected chi connectivity index (χ2v) is 8.34.